The van der Waals surface area contributed by atoms with Crippen LogP contribution < -0.4 is 0 Å². The van der Waals surface area contributed by atoms with E-state index in [0.717, 1.165) is 23.8 Å². The van der Waals surface area contributed by atoms with E-state index in [4.69, 9.17) is 0 Å². The van der Waals surface area contributed by atoms with Crippen molar-refractivity contribution >= 4 is 6.29 Å². The van der Waals surface area contributed by atoms with Crippen molar-refractivity contribution in [1.82, 2.24) is 0 Å². The van der Waals surface area contributed by atoms with Gasteiger partial charge in [-0.1, -0.05) is 95.8 Å². The van der Waals surface area contributed by atoms with Crippen molar-refractivity contribution in [3.05, 3.63) is 34.9 Å². The fourth-order valence-corrected chi connectivity index (χ4v) is 3.20. The second kappa shape index (κ2) is 13.3. The van der Waals surface area contributed by atoms with Gasteiger partial charge in [0.2, 0.25) is 0 Å². The quantitative estimate of drug-likeness (QED) is 0.265. The lowest BCUT2D eigenvalue weighted by Gasteiger charge is -2.05. The van der Waals surface area contributed by atoms with Crippen molar-refractivity contribution < 1.29 is 4.79 Å². The molecule has 0 atom stereocenters. The van der Waals surface area contributed by atoms with E-state index in [-0.39, 0.29) is 0 Å². The van der Waals surface area contributed by atoms with Crippen LogP contribution in [0.5, 0.6) is 0 Å². The first-order valence-corrected chi connectivity index (χ1v) is 9.82. The minimum absolute atomic E-state index is 0.823. The summed E-state index contributed by atoms with van der Waals surface area (Å²) in [6.07, 6.45) is 18.8. The van der Waals surface area contributed by atoms with Crippen LogP contribution in [0.1, 0.15) is 105 Å². The summed E-state index contributed by atoms with van der Waals surface area (Å²) in [7, 11) is 0. The summed E-state index contributed by atoms with van der Waals surface area (Å²) >= 11 is 0. The Morgan fingerprint density at radius 3 is 1.78 bits per heavy atom. The summed E-state index contributed by atoms with van der Waals surface area (Å²) in [4.78, 5) is 10.8. The molecule has 0 N–H and O–H groups in total. The van der Waals surface area contributed by atoms with Gasteiger partial charge in [-0.3, -0.25) is 4.79 Å². The standard InChI is InChI=1S/C22H36O/c1-3-4-5-6-7-8-9-10-11-12-13-14-15-21-16-17-22(19-23)20(2)18-21/h16-19H,3-15H2,1-2H3. The second-order valence-electron chi connectivity index (χ2n) is 6.95. The Balaban J connectivity index is 1.93. The zero-order valence-electron chi connectivity index (χ0n) is 15.4. The third kappa shape index (κ3) is 9.58. The zero-order chi connectivity index (χ0) is 16.8. The van der Waals surface area contributed by atoms with Crippen LogP contribution in [0.3, 0.4) is 0 Å². The number of unbranched alkanes of at least 4 members (excludes halogenated alkanes) is 11. The zero-order valence-corrected chi connectivity index (χ0v) is 15.4. The third-order valence-corrected chi connectivity index (χ3v) is 4.78. The van der Waals surface area contributed by atoms with E-state index in [1.807, 2.05) is 13.0 Å². The maximum atomic E-state index is 10.8. The Morgan fingerprint density at radius 1 is 0.783 bits per heavy atom. The molecule has 0 saturated heterocycles. The highest BCUT2D eigenvalue weighted by Crippen LogP contribution is 2.15. The molecule has 0 fully saturated rings. The fourth-order valence-electron chi connectivity index (χ4n) is 3.20. The summed E-state index contributed by atoms with van der Waals surface area (Å²) < 4.78 is 0. The Kier molecular flexibility index (Phi) is 11.6. The Hall–Kier alpha value is -1.11. The molecule has 23 heavy (non-hydrogen) atoms. The van der Waals surface area contributed by atoms with E-state index in [2.05, 4.69) is 19.1 Å². The smallest absolute Gasteiger partial charge is 0.150 e. The molecule has 1 aromatic carbocycles. The van der Waals surface area contributed by atoms with E-state index in [1.165, 1.54) is 82.6 Å². The summed E-state index contributed by atoms with van der Waals surface area (Å²) in [5, 5.41) is 0. The molecule has 0 amide bonds. The van der Waals surface area contributed by atoms with E-state index in [9.17, 15) is 4.79 Å². The predicted octanol–water partition coefficient (Wildman–Crippen LogP) is 7.05. The van der Waals surface area contributed by atoms with Crippen LogP contribution in [0.25, 0.3) is 0 Å². The maximum absolute atomic E-state index is 10.8. The molecule has 0 aliphatic rings. The summed E-state index contributed by atoms with van der Waals surface area (Å²) in [6, 6.07) is 6.23. The van der Waals surface area contributed by atoms with E-state index in [1.54, 1.807) is 0 Å². The first-order valence-electron chi connectivity index (χ1n) is 9.82. The molecular formula is C22H36O. The molecule has 130 valence electrons. The van der Waals surface area contributed by atoms with Gasteiger partial charge in [-0.2, -0.15) is 0 Å². The number of benzene rings is 1. The van der Waals surface area contributed by atoms with Crippen LogP contribution in [0, 0.1) is 6.92 Å². The van der Waals surface area contributed by atoms with Gasteiger partial charge < -0.3 is 0 Å². The molecule has 0 radical (unpaired) electrons. The number of hydrogen-bond donors (Lipinski definition) is 0. The van der Waals surface area contributed by atoms with Crippen molar-refractivity contribution in [2.24, 2.45) is 0 Å². The van der Waals surface area contributed by atoms with Crippen molar-refractivity contribution in [3.63, 3.8) is 0 Å². The molecule has 0 saturated carbocycles. The topological polar surface area (TPSA) is 17.1 Å². The Bertz CT molecular complexity index is 422. The van der Waals surface area contributed by atoms with Gasteiger partial charge >= 0.3 is 0 Å². The number of aldehydes is 1. The molecule has 0 bridgehead atoms. The molecule has 0 unspecified atom stereocenters. The van der Waals surface area contributed by atoms with Gasteiger partial charge in [0.25, 0.3) is 0 Å². The van der Waals surface area contributed by atoms with Crippen molar-refractivity contribution in [3.8, 4) is 0 Å². The highest BCUT2D eigenvalue weighted by molar-refractivity contribution is 5.77. The van der Waals surface area contributed by atoms with Crippen molar-refractivity contribution in [1.29, 1.82) is 0 Å². The molecule has 1 rings (SSSR count). The Labute approximate surface area is 143 Å². The van der Waals surface area contributed by atoms with Gasteiger partial charge in [0.1, 0.15) is 6.29 Å². The molecule has 0 spiro atoms. The van der Waals surface area contributed by atoms with E-state index < -0.39 is 0 Å². The lowest BCUT2D eigenvalue weighted by molar-refractivity contribution is 0.112. The van der Waals surface area contributed by atoms with Crippen LogP contribution in [0.4, 0.5) is 0 Å². The van der Waals surface area contributed by atoms with Crippen LogP contribution in [-0.2, 0) is 6.42 Å². The van der Waals surface area contributed by atoms with E-state index in [0.29, 0.717) is 0 Å². The molecule has 1 nitrogen and oxygen atoms in total. The van der Waals surface area contributed by atoms with E-state index >= 15 is 0 Å². The number of aryl methyl sites for hydroxylation is 2. The first-order chi connectivity index (χ1) is 11.3. The van der Waals surface area contributed by atoms with Gasteiger partial charge in [0.15, 0.2) is 0 Å². The SMILES string of the molecule is CCCCCCCCCCCCCCc1ccc(C=O)c(C)c1. The Morgan fingerprint density at radius 2 is 1.30 bits per heavy atom. The van der Waals surface area contributed by atoms with Crippen molar-refractivity contribution in [2.75, 3.05) is 0 Å². The summed E-state index contributed by atoms with van der Waals surface area (Å²) in [5.41, 5.74) is 3.31. The van der Waals surface area contributed by atoms with Gasteiger partial charge in [-0.25, -0.2) is 0 Å². The summed E-state index contributed by atoms with van der Waals surface area (Å²) in [5.74, 6) is 0. The molecule has 0 aliphatic heterocycles. The van der Waals surface area contributed by atoms with Gasteiger partial charge in [0, 0.05) is 5.56 Å². The van der Waals surface area contributed by atoms with Crippen molar-refractivity contribution in [2.45, 2.75) is 97.3 Å². The molecule has 0 aromatic heterocycles. The molecule has 1 heteroatoms. The molecular weight excluding hydrogens is 280 g/mol. The lowest BCUT2D eigenvalue weighted by Crippen LogP contribution is -1.91. The lowest BCUT2D eigenvalue weighted by atomic mass is 10.0. The predicted molar refractivity (Wildman–Crippen MR) is 101 cm³/mol. The van der Waals surface area contributed by atoms with Crippen LogP contribution in [-0.4, -0.2) is 6.29 Å². The van der Waals surface area contributed by atoms with Gasteiger partial charge in [-0.15, -0.1) is 0 Å². The molecule has 0 aliphatic carbocycles. The summed E-state index contributed by atoms with van der Waals surface area (Å²) in [6.45, 7) is 4.30. The highest BCUT2D eigenvalue weighted by Gasteiger charge is 1.99. The minimum atomic E-state index is 0.823. The normalized spacial score (nSPS) is 10.9. The van der Waals surface area contributed by atoms with Crippen LogP contribution in [0.15, 0.2) is 18.2 Å². The average Bonchev–Trinajstić information content (AvgIpc) is 2.56. The first kappa shape index (κ1) is 19.9. The van der Waals surface area contributed by atoms with Gasteiger partial charge in [0.05, 0.1) is 0 Å². The van der Waals surface area contributed by atoms with Crippen LogP contribution in [0.2, 0.25) is 0 Å². The number of carbonyl (C=O) groups is 1. The monoisotopic (exact) mass is 316 g/mol. The van der Waals surface area contributed by atoms with Gasteiger partial charge in [-0.05, 0) is 30.9 Å². The average molecular weight is 317 g/mol. The fraction of sp³-hybridized carbons (Fsp3) is 0.682. The number of carbonyl (C=O) groups excluding carboxylic acids is 1. The third-order valence-electron chi connectivity index (χ3n) is 4.78. The number of hydrogen-bond acceptors (Lipinski definition) is 1. The van der Waals surface area contributed by atoms with Crippen LogP contribution >= 0.6 is 0 Å². The number of rotatable bonds is 14. The maximum Gasteiger partial charge on any atom is 0.150 e. The highest BCUT2D eigenvalue weighted by atomic mass is 16.1. The largest absolute Gasteiger partial charge is 0.298 e. The molecule has 1 aromatic rings. The second-order valence-corrected chi connectivity index (χ2v) is 6.95. The minimum Gasteiger partial charge on any atom is -0.298 e. The molecule has 0 heterocycles.